The lowest BCUT2D eigenvalue weighted by molar-refractivity contribution is 0.941. The number of halogens is 1. The number of allylic oxidation sites excluding steroid dienone is 5. The Morgan fingerprint density at radius 2 is 1.87 bits per heavy atom. The highest BCUT2D eigenvalue weighted by atomic mass is 79.9. The van der Waals surface area contributed by atoms with E-state index in [1.165, 1.54) is 0 Å². The van der Waals surface area contributed by atoms with Crippen LogP contribution in [0.2, 0.25) is 0 Å². The molecule has 0 aliphatic heterocycles. The van der Waals surface area contributed by atoms with E-state index in [2.05, 4.69) is 50.8 Å². The Hall–Kier alpha value is -2.46. The molecule has 0 saturated carbocycles. The van der Waals surface area contributed by atoms with Crippen molar-refractivity contribution in [2.75, 3.05) is 0 Å². The molecule has 4 heteroatoms. The van der Waals surface area contributed by atoms with Crippen LogP contribution in [-0.4, -0.2) is 14.6 Å². The monoisotopic (exact) mass is 365 g/mol. The molecule has 2 aromatic heterocycles. The van der Waals surface area contributed by atoms with E-state index in [1.807, 2.05) is 53.5 Å². The van der Waals surface area contributed by atoms with Crippen LogP contribution < -0.4 is 0 Å². The van der Waals surface area contributed by atoms with Crippen molar-refractivity contribution < 1.29 is 0 Å². The minimum Gasteiger partial charge on any atom is -0.236 e. The second-order valence-electron chi connectivity index (χ2n) is 5.04. The predicted octanol–water partition coefficient (Wildman–Crippen LogP) is 5.00. The van der Waals surface area contributed by atoms with Crippen molar-refractivity contribution in [3.63, 3.8) is 0 Å². The zero-order chi connectivity index (χ0) is 16.1. The first-order chi connectivity index (χ1) is 11.3. The molecule has 0 spiro atoms. The van der Waals surface area contributed by atoms with Gasteiger partial charge in [0.1, 0.15) is 0 Å². The first-order valence-electron chi connectivity index (χ1n) is 7.30. The zero-order valence-corrected chi connectivity index (χ0v) is 14.1. The largest absolute Gasteiger partial charge is 0.236 e. The second kappa shape index (κ2) is 7.20. The summed E-state index contributed by atoms with van der Waals surface area (Å²) in [5, 5.41) is 4.41. The van der Waals surface area contributed by atoms with Gasteiger partial charge in [0.25, 0.3) is 0 Å². The van der Waals surface area contributed by atoms with Gasteiger partial charge < -0.3 is 0 Å². The Morgan fingerprint density at radius 3 is 2.65 bits per heavy atom. The molecule has 3 aromatic rings. The van der Waals surface area contributed by atoms with Gasteiger partial charge >= 0.3 is 0 Å². The summed E-state index contributed by atoms with van der Waals surface area (Å²) in [5.74, 6) is 0. The molecule has 0 fully saturated rings. The van der Waals surface area contributed by atoms with Crippen LogP contribution >= 0.6 is 15.9 Å². The Kier molecular flexibility index (Phi) is 4.83. The van der Waals surface area contributed by atoms with Crippen LogP contribution in [0.1, 0.15) is 5.56 Å². The van der Waals surface area contributed by atoms with Crippen LogP contribution in [0.15, 0.2) is 84.3 Å². The lowest BCUT2D eigenvalue weighted by Crippen LogP contribution is -1.92. The minimum absolute atomic E-state index is 0.801. The number of fused-ring (bicyclic) bond motifs is 1. The topological polar surface area (TPSA) is 30.2 Å². The summed E-state index contributed by atoms with van der Waals surface area (Å²) in [5.41, 5.74) is 4.16. The first kappa shape index (κ1) is 15.4. The molecule has 0 bridgehead atoms. The molecule has 0 aliphatic carbocycles. The number of rotatable bonds is 5. The average molecular weight is 366 g/mol. The van der Waals surface area contributed by atoms with Crippen LogP contribution in [-0.2, 0) is 6.42 Å². The van der Waals surface area contributed by atoms with E-state index in [4.69, 9.17) is 0 Å². The van der Waals surface area contributed by atoms with Gasteiger partial charge in [-0.2, -0.15) is 5.10 Å². The molecule has 0 saturated heterocycles. The summed E-state index contributed by atoms with van der Waals surface area (Å²) in [6, 6.07) is 8.17. The smallest absolute Gasteiger partial charge is 0.158 e. The molecule has 0 N–H and O–H groups in total. The van der Waals surface area contributed by atoms with Crippen molar-refractivity contribution in [3.8, 4) is 11.1 Å². The molecule has 114 valence electrons. The summed E-state index contributed by atoms with van der Waals surface area (Å²) < 4.78 is 2.90. The molecule has 3 rings (SSSR count). The summed E-state index contributed by atoms with van der Waals surface area (Å²) in [6.07, 6.45) is 16.3. The van der Waals surface area contributed by atoms with Crippen LogP contribution in [0.5, 0.6) is 0 Å². The Labute approximate surface area is 143 Å². The molecular weight excluding hydrogens is 350 g/mol. The molecule has 0 unspecified atom stereocenters. The van der Waals surface area contributed by atoms with Crippen molar-refractivity contribution in [1.29, 1.82) is 0 Å². The van der Waals surface area contributed by atoms with Gasteiger partial charge in [-0.1, -0.05) is 65.0 Å². The van der Waals surface area contributed by atoms with Gasteiger partial charge in [0.15, 0.2) is 5.65 Å². The minimum atomic E-state index is 0.801. The van der Waals surface area contributed by atoms with Crippen molar-refractivity contribution in [1.82, 2.24) is 14.6 Å². The van der Waals surface area contributed by atoms with E-state index in [1.54, 1.807) is 6.08 Å². The van der Waals surface area contributed by atoms with Gasteiger partial charge in [-0.3, -0.25) is 0 Å². The summed E-state index contributed by atoms with van der Waals surface area (Å²) >= 11 is 3.45. The number of aromatic nitrogens is 3. The van der Waals surface area contributed by atoms with Crippen LogP contribution in [0.3, 0.4) is 0 Å². The predicted molar refractivity (Wildman–Crippen MR) is 98.3 cm³/mol. The number of nitrogens with zero attached hydrogens (tertiary/aromatic N) is 3. The van der Waals surface area contributed by atoms with E-state index >= 15 is 0 Å². The van der Waals surface area contributed by atoms with E-state index in [-0.39, 0.29) is 0 Å². The summed E-state index contributed by atoms with van der Waals surface area (Å²) in [4.78, 5) is 4.58. The van der Waals surface area contributed by atoms with Gasteiger partial charge in [-0.15, -0.1) is 0 Å². The van der Waals surface area contributed by atoms with Gasteiger partial charge in [0, 0.05) is 28.0 Å². The van der Waals surface area contributed by atoms with Gasteiger partial charge in [0.05, 0.1) is 6.20 Å². The van der Waals surface area contributed by atoms with E-state index < -0.39 is 0 Å². The highest BCUT2D eigenvalue weighted by Gasteiger charge is 2.06. The molecule has 0 amide bonds. The van der Waals surface area contributed by atoms with Crippen molar-refractivity contribution in [2.24, 2.45) is 0 Å². The van der Waals surface area contributed by atoms with Gasteiger partial charge in [-0.25, -0.2) is 9.50 Å². The standard InChI is InChI=1S/C19H16BrN3/c1-2-3-4-5-6-7-16-13-22-23-14-17(12-21-19(16)23)15-8-10-18(20)11-9-15/h2-6,8-14H,1,7H2/b4-3-,6-5-. The van der Waals surface area contributed by atoms with Crippen molar-refractivity contribution in [3.05, 3.63) is 89.9 Å². The Morgan fingerprint density at radius 1 is 1.04 bits per heavy atom. The normalized spacial score (nSPS) is 11.7. The lowest BCUT2D eigenvalue weighted by atomic mass is 10.1. The molecular formula is C19H16BrN3. The van der Waals surface area contributed by atoms with E-state index in [9.17, 15) is 0 Å². The van der Waals surface area contributed by atoms with Gasteiger partial charge in [-0.05, 0) is 24.1 Å². The fourth-order valence-corrected chi connectivity index (χ4v) is 2.54. The lowest BCUT2D eigenvalue weighted by Gasteiger charge is -2.02. The summed E-state index contributed by atoms with van der Waals surface area (Å²) in [6.45, 7) is 3.64. The second-order valence-corrected chi connectivity index (χ2v) is 5.96. The highest BCUT2D eigenvalue weighted by Crippen LogP contribution is 2.22. The SMILES string of the molecule is C=C/C=C\C=C/Cc1cnn2cc(-c3ccc(Br)cc3)cnc12. The fraction of sp³-hybridized carbons (Fsp3) is 0.0526. The fourth-order valence-electron chi connectivity index (χ4n) is 2.28. The quantitative estimate of drug-likeness (QED) is 0.595. The maximum Gasteiger partial charge on any atom is 0.158 e. The molecule has 0 aliphatic rings. The van der Waals surface area contributed by atoms with Crippen molar-refractivity contribution >= 4 is 21.6 Å². The van der Waals surface area contributed by atoms with Crippen LogP contribution in [0.25, 0.3) is 16.8 Å². The number of benzene rings is 1. The summed E-state index contributed by atoms with van der Waals surface area (Å²) in [7, 11) is 0. The van der Waals surface area contributed by atoms with E-state index in [0.29, 0.717) is 0 Å². The third kappa shape index (κ3) is 3.66. The number of hydrogen-bond acceptors (Lipinski definition) is 2. The van der Waals surface area contributed by atoms with Crippen LogP contribution in [0, 0.1) is 0 Å². The molecule has 0 radical (unpaired) electrons. The maximum atomic E-state index is 4.58. The molecule has 3 nitrogen and oxygen atoms in total. The third-order valence-electron chi connectivity index (χ3n) is 3.44. The molecule has 1 aromatic carbocycles. The third-order valence-corrected chi connectivity index (χ3v) is 3.97. The van der Waals surface area contributed by atoms with Crippen molar-refractivity contribution in [2.45, 2.75) is 6.42 Å². The van der Waals surface area contributed by atoms with Crippen LogP contribution in [0.4, 0.5) is 0 Å². The zero-order valence-electron chi connectivity index (χ0n) is 12.6. The molecule has 23 heavy (non-hydrogen) atoms. The first-order valence-corrected chi connectivity index (χ1v) is 8.09. The Bertz CT molecular complexity index is 873. The maximum absolute atomic E-state index is 4.58. The van der Waals surface area contributed by atoms with Gasteiger partial charge in [0.2, 0.25) is 0 Å². The molecule has 2 heterocycles. The highest BCUT2D eigenvalue weighted by molar-refractivity contribution is 9.10. The molecule has 0 atom stereocenters. The number of hydrogen-bond donors (Lipinski definition) is 0. The average Bonchev–Trinajstić information content (AvgIpc) is 2.98. The Balaban J connectivity index is 1.85. The van der Waals surface area contributed by atoms with E-state index in [0.717, 1.165) is 33.2 Å².